The van der Waals surface area contributed by atoms with Gasteiger partial charge >= 0.3 is 0 Å². The van der Waals surface area contributed by atoms with Crippen molar-refractivity contribution < 1.29 is 9.59 Å². The number of nitrogens with one attached hydrogen (secondary N) is 2. The van der Waals surface area contributed by atoms with Crippen LogP contribution in [0.25, 0.3) is 0 Å². The van der Waals surface area contributed by atoms with E-state index in [1.807, 2.05) is 19.1 Å². The van der Waals surface area contributed by atoms with Gasteiger partial charge in [-0.15, -0.1) is 0 Å². The van der Waals surface area contributed by atoms with E-state index in [4.69, 9.17) is 5.73 Å². The van der Waals surface area contributed by atoms with Crippen LogP contribution in [0.2, 0.25) is 0 Å². The fourth-order valence-corrected chi connectivity index (χ4v) is 2.07. The summed E-state index contributed by atoms with van der Waals surface area (Å²) in [6.07, 6.45) is 0.331. The lowest BCUT2D eigenvalue weighted by molar-refractivity contribution is -0.119. The van der Waals surface area contributed by atoms with Crippen molar-refractivity contribution >= 4 is 11.8 Å². The summed E-state index contributed by atoms with van der Waals surface area (Å²) in [6.45, 7) is 2.63. The van der Waals surface area contributed by atoms with Gasteiger partial charge in [0.1, 0.15) is 0 Å². The second kappa shape index (κ2) is 6.22. The second-order valence-electron chi connectivity index (χ2n) is 4.71. The Bertz CT molecular complexity index is 599. The molecule has 5 heteroatoms. The molecule has 1 fully saturated rings. The number of rotatable bonds is 2. The van der Waals surface area contributed by atoms with Crippen LogP contribution in [0.5, 0.6) is 0 Å². The Hall–Kier alpha value is -2.32. The Kier molecular flexibility index (Phi) is 4.38. The molecule has 1 aromatic rings. The smallest absolute Gasteiger partial charge is 0.251 e. The summed E-state index contributed by atoms with van der Waals surface area (Å²) >= 11 is 0. The van der Waals surface area contributed by atoms with Crippen molar-refractivity contribution in [1.29, 1.82) is 0 Å². The predicted octanol–water partition coefficient (Wildman–Crippen LogP) is -0.0765. The Morgan fingerprint density at radius 2 is 2.35 bits per heavy atom. The molecule has 1 aromatic carbocycles. The first-order valence-corrected chi connectivity index (χ1v) is 6.47. The summed E-state index contributed by atoms with van der Waals surface area (Å²) in [4.78, 5) is 23.3. The minimum absolute atomic E-state index is 0.0328. The zero-order valence-corrected chi connectivity index (χ0v) is 11.3. The summed E-state index contributed by atoms with van der Waals surface area (Å²) in [7, 11) is 0. The first-order chi connectivity index (χ1) is 9.60. The molecule has 2 amide bonds. The lowest BCUT2D eigenvalue weighted by Gasteiger charge is -2.12. The first kappa shape index (κ1) is 14.1. The minimum atomic E-state index is -0.180. The van der Waals surface area contributed by atoms with Crippen molar-refractivity contribution in [3.63, 3.8) is 0 Å². The molecule has 0 aromatic heterocycles. The van der Waals surface area contributed by atoms with E-state index in [1.54, 1.807) is 6.07 Å². The van der Waals surface area contributed by atoms with Gasteiger partial charge in [0.05, 0.1) is 12.6 Å². The Morgan fingerprint density at radius 1 is 1.55 bits per heavy atom. The quantitative estimate of drug-likeness (QED) is 0.658. The van der Waals surface area contributed by atoms with Crippen LogP contribution in [0.3, 0.4) is 0 Å². The van der Waals surface area contributed by atoms with Crippen LogP contribution in [0.1, 0.15) is 27.9 Å². The van der Waals surface area contributed by atoms with Gasteiger partial charge in [-0.2, -0.15) is 0 Å². The topological polar surface area (TPSA) is 84.2 Å². The van der Waals surface area contributed by atoms with Crippen LogP contribution in [0.15, 0.2) is 18.2 Å². The number of hydrogen-bond acceptors (Lipinski definition) is 3. The molecule has 0 aliphatic carbocycles. The molecule has 0 bridgehead atoms. The summed E-state index contributed by atoms with van der Waals surface area (Å²) in [5.74, 6) is 5.45. The van der Waals surface area contributed by atoms with Crippen molar-refractivity contribution in [2.24, 2.45) is 5.73 Å². The van der Waals surface area contributed by atoms with Crippen molar-refractivity contribution in [3.8, 4) is 11.8 Å². The third-order valence-corrected chi connectivity index (χ3v) is 3.13. The second-order valence-corrected chi connectivity index (χ2v) is 4.71. The van der Waals surface area contributed by atoms with Gasteiger partial charge in [-0.3, -0.25) is 9.59 Å². The molecule has 4 N–H and O–H groups in total. The van der Waals surface area contributed by atoms with E-state index in [2.05, 4.69) is 22.5 Å². The number of benzene rings is 1. The molecule has 104 valence electrons. The molecule has 20 heavy (non-hydrogen) atoms. The van der Waals surface area contributed by atoms with E-state index in [0.717, 1.165) is 11.1 Å². The molecule has 1 atom stereocenters. The highest BCUT2D eigenvalue weighted by Crippen LogP contribution is 2.12. The number of carbonyl (C=O) groups excluding carboxylic acids is 2. The van der Waals surface area contributed by atoms with E-state index >= 15 is 0 Å². The standard InChI is InChI=1S/C15H17N3O2/c1-10-4-5-11(3-2-6-16)7-13(10)15(20)18-12-8-14(19)17-9-12/h4-5,7,12H,6,8-9,16H2,1H3,(H,17,19)(H,18,20). The maximum Gasteiger partial charge on any atom is 0.251 e. The van der Waals surface area contributed by atoms with Gasteiger partial charge in [0, 0.05) is 24.1 Å². The van der Waals surface area contributed by atoms with Gasteiger partial charge in [0.2, 0.25) is 5.91 Å². The molecule has 1 saturated heterocycles. The lowest BCUT2D eigenvalue weighted by atomic mass is 10.0. The third-order valence-electron chi connectivity index (χ3n) is 3.13. The van der Waals surface area contributed by atoms with Crippen LogP contribution in [-0.4, -0.2) is 30.9 Å². The highest BCUT2D eigenvalue weighted by Gasteiger charge is 2.23. The van der Waals surface area contributed by atoms with E-state index < -0.39 is 0 Å². The molecule has 5 nitrogen and oxygen atoms in total. The SMILES string of the molecule is Cc1ccc(C#CCN)cc1C(=O)NC1CNC(=O)C1. The van der Waals surface area contributed by atoms with Gasteiger partial charge in [0.15, 0.2) is 0 Å². The molecular weight excluding hydrogens is 254 g/mol. The van der Waals surface area contributed by atoms with E-state index in [-0.39, 0.29) is 24.4 Å². The molecule has 1 unspecified atom stereocenters. The molecule has 1 aliphatic heterocycles. The Labute approximate surface area is 117 Å². The first-order valence-electron chi connectivity index (χ1n) is 6.47. The van der Waals surface area contributed by atoms with Gasteiger partial charge in [-0.25, -0.2) is 0 Å². The summed E-state index contributed by atoms with van der Waals surface area (Å²) in [5.41, 5.74) is 7.54. The zero-order valence-electron chi connectivity index (χ0n) is 11.3. The van der Waals surface area contributed by atoms with Gasteiger partial charge in [-0.1, -0.05) is 17.9 Å². The van der Waals surface area contributed by atoms with Crippen LogP contribution in [0.4, 0.5) is 0 Å². The molecule has 1 heterocycles. The average molecular weight is 271 g/mol. The maximum atomic E-state index is 12.2. The van der Waals surface area contributed by atoms with Crippen LogP contribution in [0, 0.1) is 18.8 Å². The summed E-state index contributed by atoms with van der Waals surface area (Å²) in [5, 5.41) is 5.54. The van der Waals surface area contributed by atoms with Crippen molar-refractivity contribution in [2.45, 2.75) is 19.4 Å². The normalized spacial score (nSPS) is 17.1. The number of carbonyl (C=O) groups is 2. The fourth-order valence-electron chi connectivity index (χ4n) is 2.07. The van der Waals surface area contributed by atoms with Gasteiger partial charge in [-0.05, 0) is 24.6 Å². The number of nitrogens with two attached hydrogens (primary N) is 1. The zero-order chi connectivity index (χ0) is 14.5. The fraction of sp³-hybridized carbons (Fsp3) is 0.333. The summed E-state index contributed by atoms with van der Waals surface area (Å²) in [6, 6.07) is 5.31. The molecule has 0 saturated carbocycles. The molecule has 1 aliphatic rings. The number of hydrogen-bond donors (Lipinski definition) is 3. The van der Waals surface area contributed by atoms with E-state index in [0.29, 0.717) is 18.5 Å². The van der Waals surface area contributed by atoms with Crippen LogP contribution < -0.4 is 16.4 Å². The average Bonchev–Trinajstić information content (AvgIpc) is 2.83. The monoisotopic (exact) mass is 271 g/mol. The molecular formula is C15H17N3O2. The molecule has 0 spiro atoms. The highest BCUT2D eigenvalue weighted by atomic mass is 16.2. The minimum Gasteiger partial charge on any atom is -0.354 e. The van der Waals surface area contributed by atoms with Crippen molar-refractivity contribution in [1.82, 2.24) is 10.6 Å². The van der Waals surface area contributed by atoms with Crippen molar-refractivity contribution in [3.05, 3.63) is 34.9 Å². The van der Waals surface area contributed by atoms with E-state index in [1.165, 1.54) is 0 Å². The number of amides is 2. The molecule has 0 radical (unpaired) electrons. The largest absolute Gasteiger partial charge is 0.354 e. The Morgan fingerprint density at radius 3 is 3.00 bits per heavy atom. The van der Waals surface area contributed by atoms with Crippen LogP contribution in [-0.2, 0) is 4.79 Å². The predicted molar refractivity (Wildman–Crippen MR) is 76.0 cm³/mol. The van der Waals surface area contributed by atoms with Crippen molar-refractivity contribution in [2.75, 3.05) is 13.1 Å². The number of aryl methyl sites for hydroxylation is 1. The third kappa shape index (κ3) is 3.37. The van der Waals surface area contributed by atoms with Gasteiger partial charge < -0.3 is 16.4 Å². The highest BCUT2D eigenvalue weighted by molar-refractivity contribution is 5.96. The lowest BCUT2D eigenvalue weighted by Crippen LogP contribution is -2.36. The Balaban J connectivity index is 2.14. The maximum absolute atomic E-state index is 12.2. The van der Waals surface area contributed by atoms with Gasteiger partial charge in [0.25, 0.3) is 5.91 Å². The van der Waals surface area contributed by atoms with Crippen LogP contribution >= 0.6 is 0 Å². The molecule has 2 rings (SSSR count). The summed E-state index contributed by atoms with van der Waals surface area (Å²) < 4.78 is 0. The van der Waals surface area contributed by atoms with E-state index in [9.17, 15) is 9.59 Å².